The van der Waals surface area contributed by atoms with Gasteiger partial charge in [-0.05, 0) is 31.9 Å². The van der Waals surface area contributed by atoms with Gasteiger partial charge in [0.25, 0.3) is 5.56 Å². The van der Waals surface area contributed by atoms with E-state index in [0.717, 1.165) is 56.0 Å². The first-order chi connectivity index (χ1) is 15.6. The summed E-state index contributed by atoms with van der Waals surface area (Å²) in [5.41, 5.74) is 2.21. The minimum atomic E-state index is -0.0667. The molecule has 170 valence electrons. The lowest BCUT2D eigenvalue weighted by Gasteiger charge is -2.33. The molecule has 0 radical (unpaired) electrons. The van der Waals surface area contributed by atoms with Crippen molar-refractivity contribution in [3.63, 3.8) is 0 Å². The first-order valence-corrected chi connectivity index (χ1v) is 11.4. The van der Waals surface area contributed by atoms with Crippen LogP contribution in [0.15, 0.2) is 39.9 Å². The second kappa shape index (κ2) is 9.05. The van der Waals surface area contributed by atoms with E-state index in [-0.39, 0.29) is 11.7 Å². The largest absolute Gasteiger partial charge is 0.489 e. The Morgan fingerprint density at radius 3 is 3.06 bits per heavy atom. The van der Waals surface area contributed by atoms with Gasteiger partial charge in [-0.3, -0.25) is 14.7 Å². The fraction of sp³-hybridized carbons (Fsp3) is 0.500. The highest BCUT2D eigenvalue weighted by atomic mass is 16.5. The summed E-state index contributed by atoms with van der Waals surface area (Å²) in [4.78, 5) is 19.5. The molecule has 32 heavy (non-hydrogen) atoms. The third kappa shape index (κ3) is 4.18. The maximum atomic E-state index is 12.9. The van der Waals surface area contributed by atoms with Crippen LogP contribution >= 0.6 is 0 Å². The summed E-state index contributed by atoms with van der Waals surface area (Å²) in [6.45, 7) is 7.02. The molecule has 0 bridgehead atoms. The molecular formula is C24H30N4O4. The Hall–Kier alpha value is -2.68. The number of aromatic nitrogens is 2. The van der Waals surface area contributed by atoms with Crippen LogP contribution in [-0.4, -0.2) is 59.4 Å². The lowest BCUT2D eigenvalue weighted by molar-refractivity contribution is 0.0680. The van der Waals surface area contributed by atoms with Crippen LogP contribution in [0.25, 0.3) is 22.1 Å². The summed E-state index contributed by atoms with van der Waals surface area (Å²) >= 11 is 0. The van der Waals surface area contributed by atoms with Gasteiger partial charge in [-0.1, -0.05) is 0 Å². The number of aryl methyl sites for hydroxylation is 1. The summed E-state index contributed by atoms with van der Waals surface area (Å²) in [5.74, 6) is 1.46. The molecule has 1 N–H and O–H groups in total. The fourth-order valence-electron chi connectivity index (χ4n) is 4.57. The van der Waals surface area contributed by atoms with Gasteiger partial charge < -0.3 is 23.8 Å². The molecule has 3 aromatic heterocycles. The fourth-order valence-corrected chi connectivity index (χ4v) is 4.57. The second-order valence-electron chi connectivity index (χ2n) is 8.76. The van der Waals surface area contributed by atoms with Crippen molar-refractivity contribution < 1.29 is 13.9 Å². The van der Waals surface area contributed by atoms with E-state index in [0.29, 0.717) is 35.9 Å². The van der Waals surface area contributed by atoms with E-state index in [2.05, 4.69) is 22.1 Å². The topological polar surface area (TPSA) is 81.8 Å². The van der Waals surface area contributed by atoms with E-state index in [1.807, 2.05) is 18.3 Å². The number of piperazine rings is 1. The molecule has 0 aliphatic carbocycles. The third-order valence-electron chi connectivity index (χ3n) is 6.42. The molecule has 2 aliphatic rings. The van der Waals surface area contributed by atoms with Gasteiger partial charge in [0.15, 0.2) is 0 Å². The standard InChI is InChI=1S/C24H30N4O4/c1-16-11-26-7-8-28(16)13-18-10-20-23(32-18)21(14-27(2)24(20)29)19-5-6-25-12-22(19)31-15-17-4-3-9-30-17/h5-6,10,12,14,16-17,26H,3-4,7-9,11,13,15H2,1-2H3/t16-,17?/m1/s1. The van der Waals surface area contributed by atoms with Crippen molar-refractivity contribution in [3.8, 4) is 16.9 Å². The van der Waals surface area contributed by atoms with Crippen molar-refractivity contribution >= 4 is 11.0 Å². The maximum Gasteiger partial charge on any atom is 0.261 e. The Morgan fingerprint density at radius 1 is 1.34 bits per heavy atom. The molecule has 2 atom stereocenters. The number of fused-ring (bicyclic) bond motifs is 1. The van der Waals surface area contributed by atoms with Gasteiger partial charge in [0.05, 0.1) is 24.2 Å². The highest BCUT2D eigenvalue weighted by Gasteiger charge is 2.23. The molecule has 1 unspecified atom stereocenters. The molecule has 8 nitrogen and oxygen atoms in total. The van der Waals surface area contributed by atoms with E-state index in [9.17, 15) is 4.79 Å². The lowest BCUT2D eigenvalue weighted by atomic mass is 10.1. The molecule has 0 amide bonds. The minimum Gasteiger partial charge on any atom is -0.489 e. The van der Waals surface area contributed by atoms with Crippen LogP contribution in [0.3, 0.4) is 0 Å². The van der Waals surface area contributed by atoms with Crippen molar-refractivity contribution in [2.24, 2.45) is 7.05 Å². The number of nitrogens with zero attached hydrogens (tertiary/aromatic N) is 3. The van der Waals surface area contributed by atoms with Crippen LogP contribution in [0.2, 0.25) is 0 Å². The number of hydrogen-bond acceptors (Lipinski definition) is 7. The smallest absolute Gasteiger partial charge is 0.261 e. The van der Waals surface area contributed by atoms with Crippen LogP contribution in [-0.2, 0) is 18.3 Å². The summed E-state index contributed by atoms with van der Waals surface area (Å²) < 4.78 is 19.7. The third-order valence-corrected chi connectivity index (χ3v) is 6.42. The van der Waals surface area contributed by atoms with E-state index < -0.39 is 0 Å². The highest BCUT2D eigenvalue weighted by molar-refractivity contribution is 5.93. The Labute approximate surface area is 187 Å². The first-order valence-electron chi connectivity index (χ1n) is 11.4. The molecule has 0 spiro atoms. The molecule has 5 heterocycles. The average molecular weight is 439 g/mol. The average Bonchev–Trinajstić information content (AvgIpc) is 3.47. The quantitative estimate of drug-likeness (QED) is 0.633. The van der Waals surface area contributed by atoms with Gasteiger partial charge in [0.1, 0.15) is 23.7 Å². The number of hydrogen-bond donors (Lipinski definition) is 1. The Bertz CT molecular complexity index is 1150. The first kappa shape index (κ1) is 21.2. The lowest BCUT2D eigenvalue weighted by Crippen LogP contribution is -2.49. The zero-order valence-electron chi connectivity index (χ0n) is 18.7. The van der Waals surface area contributed by atoms with Gasteiger partial charge in [-0.2, -0.15) is 0 Å². The number of rotatable bonds is 6. The van der Waals surface area contributed by atoms with Gasteiger partial charge >= 0.3 is 0 Å². The van der Waals surface area contributed by atoms with Gasteiger partial charge in [-0.25, -0.2) is 0 Å². The van der Waals surface area contributed by atoms with E-state index in [1.54, 1.807) is 24.0 Å². The number of nitrogens with one attached hydrogen (secondary N) is 1. The van der Waals surface area contributed by atoms with Gasteiger partial charge in [0.2, 0.25) is 0 Å². The molecule has 2 fully saturated rings. The summed E-state index contributed by atoms with van der Waals surface area (Å²) in [7, 11) is 1.77. The van der Waals surface area contributed by atoms with Crippen molar-refractivity contribution in [1.29, 1.82) is 0 Å². The van der Waals surface area contributed by atoms with Crippen molar-refractivity contribution in [2.75, 3.05) is 32.8 Å². The van der Waals surface area contributed by atoms with E-state index >= 15 is 0 Å². The molecule has 0 saturated carbocycles. The molecule has 5 rings (SSSR count). The number of pyridine rings is 2. The van der Waals surface area contributed by atoms with E-state index in [4.69, 9.17) is 13.9 Å². The normalized spacial score (nSPS) is 21.9. The zero-order chi connectivity index (χ0) is 22.1. The molecule has 3 aromatic rings. The SMILES string of the molecule is C[C@@H]1CNCCN1Cc1cc2c(=O)n(C)cc(-c3ccncc3OCC3CCCO3)c2o1. The minimum absolute atomic E-state index is 0.0667. The number of furan rings is 1. The van der Waals surface area contributed by atoms with Crippen LogP contribution in [0.1, 0.15) is 25.5 Å². The zero-order valence-corrected chi connectivity index (χ0v) is 18.7. The predicted octanol–water partition coefficient (Wildman–Crippen LogP) is 2.54. The van der Waals surface area contributed by atoms with Crippen molar-refractivity contribution in [2.45, 2.75) is 38.5 Å². The van der Waals surface area contributed by atoms with Gasteiger partial charge in [-0.15, -0.1) is 0 Å². The van der Waals surface area contributed by atoms with Crippen LogP contribution in [0.5, 0.6) is 5.75 Å². The molecule has 8 heteroatoms. The molecule has 2 saturated heterocycles. The molecular weight excluding hydrogens is 408 g/mol. The van der Waals surface area contributed by atoms with Crippen LogP contribution < -0.4 is 15.6 Å². The summed E-state index contributed by atoms with van der Waals surface area (Å²) in [6.07, 6.45) is 7.45. The second-order valence-corrected chi connectivity index (χ2v) is 8.76. The predicted molar refractivity (Wildman–Crippen MR) is 122 cm³/mol. The van der Waals surface area contributed by atoms with Crippen LogP contribution in [0.4, 0.5) is 0 Å². The Balaban J connectivity index is 1.51. The van der Waals surface area contributed by atoms with Crippen molar-refractivity contribution in [3.05, 3.63) is 46.8 Å². The highest BCUT2D eigenvalue weighted by Crippen LogP contribution is 2.35. The maximum absolute atomic E-state index is 12.9. The monoisotopic (exact) mass is 438 g/mol. The number of ether oxygens (including phenoxy) is 2. The molecule has 0 aromatic carbocycles. The summed E-state index contributed by atoms with van der Waals surface area (Å²) in [6, 6.07) is 4.21. The van der Waals surface area contributed by atoms with Crippen molar-refractivity contribution in [1.82, 2.24) is 19.8 Å². The van der Waals surface area contributed by atoms with Gasteiger partial charge in [0, 0.05) is 62.9 Å². The van der Waals surface area contributed by atoms with E-state index in [1.165, 1.54) is 0 Å². The molecule has 2 aliphatic heterocycles. The Morgan fingerprint density at radius 2 is 2.25 bits per heavy atom. The summed E-state index contributed by atoms with van der Waals surface area (Å²) in [5, 5.41) is 4.00. The van der Waals surface area contributed by atoms with Crippen LogP contribution in [0, 0.1) is 0 Å². The Kier molecular flexibility index (Phi) is 5.99.